The second-order valence-corrected chi connectivity index (χ2v) is 13.2. The topological polar surface area (TPSA) is 76.5 Å². The van der Waals surface area contributed by atoms with E-state index in [0.29, 0.717) is 16.7 Å². The molecule has 31 heavy (non-hydrogen) atoms. The number of nitrogens with zero attached hydrogens (tertiary/aromatic N) is 1. The first-order valence-electron chi connectivity index (χ1n) is 11.8. The highest BCUT2D eigenvalue weighted by atomic mass is 127. The van der Waals surface area contributed by atoms with E-state index in [1.807, 2.05) is 18.2 Å². The monoisotopic (exact) mass is 561 g/mol. The van der Waals surface area contributed by atoms with Crippen LogP contribution in [0.25, 0.3) is 0 Å². The molecular weight excluding hydrogens is 525 g/mol. The smallest absolute Gasteiger partial charge is 0.265 e. The zero-order valence-electron chi connectivity index (χ0n) is 18.6. The summed E-state index contributed by atoms with van der Waals surface area (Å²) in [5.74, 6) is 3.07. The molecule has 1 N–H and O–H groups in total. The van der Waals surface area contributed by atoms with Crippen molar-refractivity contribution in [2.24, 2.45) is 34.5 Å². The van der Waals surface area contributed by atoms with Gasteiger partial charge in [0.1, 0.15) is 0 Å². The fourth-order valence-corrected chi connectivity index (χ4v) is 9.38. The van der Waals surface area contributed by atoms with Crippen LogP contribution in [0.15, 0.2) is 30.6 Å². The van der Waals surface area contributed by atoms with E-state index in [1.54, 1.807) is 12.4 Å². The summed E-state index contributed by atoms with van der Waals surface area (Å²) >= 11 is 2.71. The van der Waals surface area contributed by atoms with Gasteiger partial charge in [-0.15, -0.1) is 0 Å². The van der Waals surface area contributed by atoms with Gasteiger partial charge in [-0.3, -0.25) is 9.54 Å². The highest BCUT2D eigenvalue weighted by Gasteiger charge is 2.59. The van der Waals surface area contributed by atoms with Crippen molar-refractivity contribution in [2.75, 3.05) is 0 Å². The molecule has 5 rings (SSSR count). The Kier molecular flexibility index (Phi) is 7.08. The molecule has 174 valence electrons. The molecule has 1 aromatic heterocycles. The number of hydrogen-bond donors (Lipinski definition) is 1. The molecule has 0 bridgehead atoms. The van der Waals surface area contributed by atoms with Crippen LogP contribution >= 0.6 is 22.6 Å². The van der Waals surface area contributed by atoms with Crippen molar-refractivity contribution in [3.05, 3.63) is 30.6 Å². The van der Waals surface area contributed by atoms with Crippen molar-refractivity contribution in [1.82, 2.24) is 4.98 Å². The van der Waals surface area contributed by atoms with Gasteiger partial charge < -0.3 is 0 Å². The first kappa shape index (κ1) is 23.9. The largest absolute Gasteiger partial charge is 0.397 e. The van der Waals surface area contributed by atoms with Gasteiger partial charge in [0.25, 0.3) is 0 Å². The predicted octanol–water partition coefficient (Wildman–Crippen LogP) is 6.10. The summed E-state index contributed by atoms with van der Waals surface area (Å²) in [5.41, 5.74) is 0.864. The Morgan fingerprint density at radius 3 is 2.23 bits per heavy atom. The van der Waals surface area contributed by atoms with Crippen LogP contribution in [0.5, 0.6) is 0 Å². The van der Waals surface area contributed by atoms with Gasteiger partial charge in [-0.05, 0) is 104 Å². The Morgan fingerprint density at radius 1 is 0.935 bits per heavy atom. The average Bonchev–Trinajstić information content (AvgIpc) is 3.04. The van der Waals surface area contributed by atoms with Gasteiger partial charge in [-0.1, -0.05) is 42.5 Å². The fourth-order valence-electron chi connectivity index (χ4n) is 7.73. The van der Waals surface area contributed by atoms with Gasteiger partial charge in [-0.25, -0.2) is 4.18 Å². The molecule has 1 aromatic rings. The molecule has 4 saturated carbocycles. The molecule has 4 aliphatic rings. The van der Waals surface area contributed by atoms with Crippen molar-refractivity contribution < 1.29 is 17.2 Å². The van der Waals surface area contributed by atoms with Crippen molar-refractivity contribution in [3.8, 4) is 0 Å². The van der Waals surface area contributed by atoms with Crippen LogP contribution in [0.4, 0.5) is 0 Å². The molecule has 1 heterocycles. The van der Waals surface area contributed by atoms with Crippen LogP contribution in [0, 0.1) is 34.5 Å². The van der Waals surface area contributed by atoms with E-state index in [0.717, 1.165) is 40.9 Å². The third kappa shape index (κ3) is 4.85. The minimum absolute atomic E-state index is 0.326. The van der Waals surface area contributed by atoms with Gasteiger partial charge in [0.05, 0.1) is 6.10 Å². The van der Waals surface area contributed by atoms with E-state index in [-0.39, 0.29) is 6.10 Å². The molecule has 0 aromatic carbocycles. The Balaban J connectivity index is 0.000000334. The molecule has 8 atom stereocenters. The van der Waals surface area contributed by atoms with Crippen LogP contribution in [-0.2, 0) is 14.6 Å². The quantitative estimate of drug-likeness (QED) is 0.268. The maximum atomic E-state index is 11.1. The van der Waals surface area contributed by atoms with Crippen molar-refractivity contribution in [1.29, 1.82) is 0 Å². The molecule has 0 amide bonds. The third-order valence-corrected chi connectivity index (χ3v) is 11.9. The third-order valence-electron chi connectivity index (χ3n) is 9.33. The van der Waals surface area contributed by atoms with Crippen molar-refractivity contribution in [3.63, 3.8) is 0 Å². The highest BCUT2D eigenvalue weighted by Crippen LogP contribution is 2.67. The minimum atomic E-state index is -4.33. The highest BCUT2D eigenvalue weighted by molar-refractivity contribution is 14.1. The molecule has 0 aliphatic heterocycles. The van der Waals surface area contributed by atoms with E-state index >= 15 is 0 Å². The van der Waals surface area contributed by atoms with Gasteiger partial charge in [0.15, 0.2) is 0 Å². The summed E-state index contributed by atoms with van der Waals surface area (Å²) in [4.78, 5) is 3.78. The Hall–Kier alpha value is -0.250. The zero-order valence-corrected chi connectivity index (χ0v) is 21.6. The lowest BCUT2D eigenvalue weighted by Crippen LogP contribution is -2.54. The maximum absolute atomic E-state index is 11.1. The standard InChI is InChI=1S/C19H31IO4S.C5H5N/c1-18-9-7-13(24-25(21,22)23)11-12(18)3-4-14-15-5-6-17(20)19(15,2)10-8-16(14)18;1-2-4-6-5-3-1/h12-17H,3-11H2,1-2H3,(H,21,22,23);1-5H/t12-,13-,14+,15+,16+,17+,18+,19+;/m1./s1. The van der Waals surface area contributed by atoms with E-state index in [4.69, 9.17) is 8.74 Å². The Morgan fingerprint density at radius 2 is 1.61 bits per heavy atom. The first-order chi connectivity index (χ1) is 14.6. The number of halogens is 1. The molecule has 0 radical (unpaired) electrons. The summed E-state index contributed by atoms with van der Waals surface area (Å²) < 4.78 is 37.0. The SMILES string of the molecule is C[C@]12CC[C@@H](OS(=O)(=O)O)C[C@H]1CC[C@@H]1[C@@H]2CC[C@]2(C)[C@@H](I)CC[C@@H]12.c1ccncc1. The first-order valence-corrected chi connectivity index (χ1v) is 14.4. The van der Waals surface area contributed by atoms with Crippen LogP contribution in [0.3, 0.4) is 0 Å². The predicted molar refractivity (Wildman–Crippen MR) is 130 cm³/mol. The van der Waals surface area contributed by atoms with E-state index in [1.165, 1.54) is 38.5 Å². The molecule has 5 nitrogen and oxygen atoms in total. The van der Waals surface area contributed by atoms with E-state index in [2.05, 4.69) is 41.4 Å². The van der Waals surface area contributed by atoms with Crippen LogP contribution in [-0.4, -0.2) is 28.0 Å². The summed E-state index contributed by atoms with van der Waals surface area (Å²) in [6.07, 6.45) is 13.7. The normalized spacial score (nSPS) is 44.3. The van der Waals surface area contributed by atoms with Crippen LogP contribution < -0.4 is 0 Å². The summed E-state index contributed by atoms with van der Waals surface area (Å²) in [6, 6.07) is 5.72. The molecule has 4 fully saturated rings. The zero-order chi connectivity index (χ0) is 22.3. The molecule has 0 unspecified atom stereocenters. The molecule has 7 heteroatoms. The summed E-state index contributed by atoms with van der Waals surface area (Å²) in [5, 5.41) is 0. The Bertz CT molecular complexity index is 826. The van der Waals surface area contributed by atoms with E-state index < -0.39 is 10.4 Å². The molecular formula is C24H36INO4S. The van der Waals surface area contributed by atoms with Crippen LogP contribution in [0.1, 0.15) is 71.6 Å². The van der Waals surface area contributed by atoms with E-state index in [9.17, 15) is 8.42 Å². The lowest BCUT2D eigenvalue weighted by Gasteiger charge is -2.60. The fraction of sp³-hybridized carbons (Fsp3) is 0.792. The second-order valence-electron chi connectivity index (χ2n) is 10.7. The number of rotatable bonds is 2. The van der Waals surface area contributed by atoms with Gasteiger partial charge in [0.2, 0.25) is 0 Å². The van der Waals surface area contributed by atoms with Crippen molar-refractivity contribution >= 4 is 33.0 Å². The van der Waals surface area contributed by atoms with Gasteiger partial charge >= 0.3 is 10.4 Å². The van der Waals surface area contributed by atoms with Gasteiger partial charge in [-0.2, -0.15) is 8.42 Å². The van der Waals surface area contributed by atoms with Crippen molar-refractivity contribution in [2.45, 2.75) is 81.7 Å². The lowest BCUT2D eigenvalue weighted by atomic mass is 9.45. The summed E-state index contributed by atoms with van der Waals surface area (Å²) in [7, 11) is -4.33. The summed E-state index contributed by atoms with van der Waals surface area (Å²) in [6.45, 7) is 5.01. The molecule has 0 spiro atoms. The maximum Gasteiger partial charge on any atom is 0.397 e. The number of alkyl halides is 1. The lowest BCUT2D eigenvalue weighted by molar-refractivity contribution is -0.117. The second kappa shape index (κ2) is 9.18. The van der Waals surface area contributed by atoms with Gasteiger partial charge in [0, 0.05) is 16.3 Å². The Labute approximate surface area is 201 Å². The average molecular weight is 562 g/mol. The number of pyridine rings is 1. The number of fused-ring (bicyclic) bond motifs is 5. The molecule has 0 saturated heterocycles. The number of aromatic nitrogens is 1. The molecule has 4 aliphatic carbocycles. The minimum Gasteiger partial charge on any atom is -0.265 e. The number of hydrogen-bond acceptors (Lipinski definition) is 4. The van der Waals surface area contributed by atoms with Crippen LogP contribution in [0.2, 0.25) is 0 Å².